The third kappa shape index (κ3) is 2.72. The largest absolute Gasteiger partial charge is 0.416 e. The number of anilines is 1. The number of carbonyl (C=O) groups excluding carboxylic acids is 3. The molecule has 158 valence electrons. The van der Waals surface area contributed by atoms with Crippen LogP contribution in [0.2, 0.25) is 5.02 Å². The summed E-state index contributed by atoms with van der Waals surface area (Å²) in [6.45, 7) is 1.40. The summed E-state index contributed by atoms with van der Waals surface area (Å²) in [6, 6.07) is 1.43. The minimum absolute atomic E-state index is 0.0274. The van der Waals surface area contributed by atoms with Gasteiger partial charge in [0.25, 0.3) is 0 Å². The van der Waals surface area contributed by atoms with Gasteiger partial charge in [-0.2, -0.15) is 13.2 Å². The minimum Gasteiger partial charge on any atom is -0.323 e. The highest BCUT2D eigenvalue weighted by molar-refractivity contribution is 6.33. The summed E-state index contributed by atoms with van der Waals surface area (Å²) in [6.07, 6.45) is 0.489. The molecule has 1 aromatic rings. The Bertz CT molecular complexity index is 972. The molecule has 2 bridgehead atoms. The average molecular weight is 439 g/mol. The number of hydrogen-bond acceptors (Lipinski definition) is 3. The molecule has 0 spiro atoms. The van der Waals surface area contributed by atoms with Crippen molar-refractivity contribution in [2.45, 2.75) is 25.6 Å². The number of halogens is 4. The molecule has 9 heteroatoms. The smallest absolute Gasteiger partial charge is 0.323 e. The Morgan fingerprint density at radius 1 is 1.13 bits per heavy atom. The molecule has 3 amide bonds. The number of nitrogens with zero attached hydrogens (tertiary/aromatic N) is 1. The standard InChI is InChI=1S/C21H18ClF3N2O3/c1-8(18(28)26-15-6-9(21(23,24)25)2-5-14(15)22)27-19(29)16-10-3-4-11(13-7-12(10)13)17(16)20(27)30/h2-6,8,10-13,16-17H,7H2,1H3,(H,26,28)/t8-,10+,11+,12+,13+,16-,17+/m1/s1. The van der Waals surface area contributed by atoms with E-state index in [4.69, 9.17) is 11.6 Å². The molecular formula is C21H18ClF3N2O3. The second-order valence-corrected chi connectivity index (χ2v) is 8.97. The minimum atomic E-state index is -4.60. The Morgan fingerprint density at radius 2 is 1.70 bits per heavy atom. The number of imide groups is 1. The van der Waals surface area contributed by atoms with Gasteiger partial charge < -0.3 is 5.32 Å². The molecule has 1 saturated heterocycles. The van der Waals surface area contributed by atoms with E-state index in [1.165, 1.54) is 6.92 Å². The Kier molecular flexibility index (Phi) is 4.13. The maximum Gasteiger partial charge on any atom is 0.416 e. The average Bonchev–Trinajstić information content (AvgIpc) is 3.46. The van der Waals surface area contributed by atoms with E-state index in [0.717, 1.165) is 29.5 Å². The van der Waals surface area contributed by atoms with E-state index < -0.39 is 35.5 Å². The summed E-state index contributed by atoms with van der Waals surface area (Å²) in [4.78, 5) is 39.9. The molecular weight excluding hydrogens is 421 g/mol. The third-order valence-corrected chi connectivity index (χ3v) is 7.34. The van der Waals surface area contributed by atoms with Crippen LogP contribution in [0.5, 0.6) is 0 Å². The molecule has 1 aromatic carbocycles. The summed E-state index contributed by atoms with van der Waals surface area (Å²) >= 11 is 5.94. The number of benzene rings is 1. The van der Waals surface area contributed by atoms with Crippen molar-refractivity contribution >= 4 is 35.0 Å². The molecule has 0 aromatic heterocycles. The summed E-state index contributed by atoms with van der Waals surface area (Å²) < 4.78 is 38.9. The summed E-state index contributed by atoms with van der Waals surface area (Å²) in [5, 5.41) is 2.27. The van der Waals surface area contributed by atoms with E-state index in [1.54, 1.807) is 0 Å². The zero-order valence-electron chi connectivity index (χ0n) is 15.8. The van der Waals surface area contributed by atoms with Crippen molar-refractivity contribution < 1.29 is 27.6 Å². The number of nitrogens with one attached hydrogen (secondary N) is 1. The summed E-state index contributed by atoms with van der Waals surface area (Å²) in [5.41, 5.74) is -1.18. The molecule has 1 heterocycles. The highest BCUT2D eigenvalue weighted by atomic mass is 35.5. The van der Waals surface area contributed by atoms with Gasteiger partial charge in [0.05, 0.1) is 28.1 Å². The fraction of sp³-hybridized carbons (Fsp3) is 0.476. The van der Waals surface area contributed by atoms with Crippen molar-refractivity contribution in [2.24, 2.45) is 35.5 Å². The van der Waals surface area contributed by atoms with Crippen LogP contribution in [-0.2, 0) is 20.6 Å². The molecule has 0 radical (unpaired) electrons. The Balaban J connectivity index is 1.37. The topological polar surface area (TPSA) is 66.5 Å². The summed E-state index contributed by atoms with van der Waals surface area (Å²) in [7, 11) is 0. The maximum atomic E-state index is 13.1. The van der Waals surface area contributed by atoms with Crippen LogP contribution in [0, 0.1) is 35.5 Å². The lowest BCUT2D eigenvalue weighted by molar-refractivity contribution is -0.146. The Hall–Kier alpha value is -2.35. The number of likely N-dealkylation sites (tertiary alicyclic amines) is 1. The van der Waals surface area contributed by atoms with Crippen LogP contribution >= 0.6 is 11.6 Å². The fourth-order valence-electron chi connectivity index (χ4n) is 5.51. The van der Waals surface area contributed by atoms with Gasteiger partial charge in [-0.15, -0.1) is 0 Å². The highest BCUT2D eigenvalue weighted by Gasteiger charge is 2.67. The Labute approximate surface area is 175 Å². The molecule has 7 atom stereocenters. The van der Waals surface area contributed by atoms with Gasteiger partial charge in [-0.1, -0.05) is 23.8 Å². The molecule has 5 nitrogen and oxygen atoms in total. The van der Waals surface area contributed by atoms with Crippen LogP contribution in [0.15, 0.2) is 30.4 Å². The van der Waals surface area contributed by atoms with Gasteiger partial charge in [-0.3, -0.25) is 19.3 Å². The van der Waals surface area contributed by atoms with E-state index >= 15 is 0 Å². The highest BCUT2D eigenvalue weighted by Crippen LogP contribution is 2.65. The number of rotatable bonds is 3. The SMILES string of the molecule is C[C@H](C(=O)Nc1cc(C(F)(F)F)ccc1Cl)N1C(=O)[C@@H]2[C@H]3C=C[C@@H]([C@@H]4C[C@@H]34)[C@@H]2C1=O. The molecule has 1 N–H and O–H groups in total. The maximum absolute atomic E-state index is 13.1. The lowest BCUT2D eigenvalue weighted by atomic mass is 9.63. The van der Waals surface area contributed by atoms with Gasteiger partial charge in [-0.05, 0) is 55.2 Å². The quantitative estimate of drug-likeness (QED) is 0.577. The lowest BCUT2D eigenvalue weighted by Gasteiger charge is -2.37. The van der Waals surface area contributed by atoms with Crippen molar-refractivity contribution in [1.29, 1.82) is 0 Å². The molecule has 3 fully saturated rings. The van der Waals surface area contributed by atoms with Crippen molar-refractivity contribution in [2.75, 3.05) is 5.32 Å². The molecule has 4 aliphatic carbocycles. The van der Waals surface area contributed by atoms with Crippen LogP contribution in [0.25, 0.3) is 0 Å². The van der Waals surface area contributed by atoms with Crippen LogP contribution in [0.1, 0.15) is 18.9 Å². The summed E-state index contributed by atoms with van der Waals surface area (Å²) in [5.74, 6) is -1.45. The zero-order valence-corrected chi connectivity index (χ0v) is 16.6. The van der Waals surface area contributed by atoms with Crippen molar-refractivity contribution in [3.05, 3.63) is 40.9 Å². The molecule has 30 heavy (non-hydrogen) atoms. The number of hydrogen-bond donors (Lipinski definition) is 1. The normalized spacial score (nSPS) is 34.6. The first-order valence-electron chi connectivity index (χ1n) is 9.82. The van der Waals surface area contributed by atoms with Gasteiger partial charge in [0.1, 0.15) is 6.04 Å². The van der Waals surface area contributed by atoms with Gasteiger partial charge in [0.2, 0.25) is 17.7 Å². The number of amides is 3. The first-order valence-corrected chi connectivity index (χ1v) is 10.2. The fourth-order valence-corrected chi connectivity index (χ4v) is 5.68. The van der Waals surface area contributed by atoms with E-state index in [9.17, 15) is 27.6 Å². The lowest BCUT2D eigenvalue weighted by Crippen LogP contribution is -2.46. The van der Waals surface area contributed by atoms with Gasteiger partial charge in [0.15, 0.2) is 0 Å². The van der Waals surface area contributed by atoms with E-state index in [-0.39, 0.29) is 34.4 Å². The third-order valence-electron chi connectivity index (χ3n) is 7.02. The molecule has 6 rings (SSSR count). The van der Waals surface area contributed by atoms with Gasteiger partial charge in [-0.25, -0.2) is 0 Å². The van der Waals surface area contributed by atoms with Crippen LogP contribution in [0.4, 0.5) is 18.9 Å². The van der Waals surface area contributed by atoms with Gasteiger partial charge >= 0.3 is 6.18 Å². The second kappa shape index (κ2) is 6.33. The second-order valence-electron chi connectivity index (χ2n) is 8.56. The first-order chi connectivity index (χ1) is 14.1. The van der Waals surface area contributed by atoms with Crippen LogP contribution < -0.4 is 5.32 Å². The molecule has 0 unspecified atom stereocenters. The Morgan fingerprint density at radius 3 is 2.23 bits per heavy atom. The van der Waals surface area contributed by atoms with Gasteiger partial charge in [0, 0.05) is 0 Å². The molecule has 1 aliphatic heterocycles. The number of carbonyl (C=O) groups is 3. The van der Waals surface area contributed by atoms with E-state index in [1.807, 2.05) is 12.2 Å². The predicted octanol–water partition coefficient (Wildman–Crippen LogP) is 3.74. The molecule has 5 aliphatic rings. The van der Waals surface area contributed by atoms with Crippen LogP contribution in [-0.4, -0.2) is 28.7 Å². The number of alkyl halides is 3. The van der Waals surface area contributed by atoms with Crippen molar-refractivity contribution in [1.82, 2.24) is 4.90 Å². The first kappa shape index (κ1) is 19.6. The van der Waals surface area contributed by atoms with Crippen LogP contribution in [0.3, 0.4) is 0 Å². The predicted molar refractivity (Wildman–Crippen MR) is 101 cm³/mol. The van der Waals surface area contributed by atoms with E-state index in [2.05, 4.69) is 5.32 Å². The molecule has 2 saturated carbocycles. The number of allylic oxidation sites excluding steroid dienone is 2. The monoisotopic (exact) mass is 438 g/mol. The van der Waals surface area contributed by atoms with E-state index in [0.29, 0.717) is 11.8 Å². The zero-order chi connectivity index (χ0) is 21.5. The van der Waals surface area contributed by atoms with Crippen molar-refractivity contribution in [3.63, 3.8) is 0 Å². The van der Waals surface area contributed by atoms with Crippen molar-refractivity contribution in [3.8, 4) is 0 Å².